The van der Waals surface area contributed by atoms with Gasteiger partial charge in [0.25, 0.3) is 0 Å². The molecule has 0 fully saturated rings. The van der Waals surface area contributed by atoms with E-state index in [1.165, 1.54) is 23.5 Å². The molecule has 0 spiro atoms. The molecule has 2 aromatic heterocycles. The standard InChI is InChI=1S/C22H22F3N5OS/c1-31-12-19-20(14-4-7-18-15(9-14)10-28-30-18)32-21(29-19)27-11-17(26)8-13-2-5-16(6-3-13)22(23,24)25/h2-7,9-10,17H,8,11-12,26H2,1H3,(H,27,29)(H,28,30)/t17-/m0/s1. The van der Waals surface area contributed by atoms with Crippen molar-refractivity contribution in [1.82, 2.24) is 15.2 Å². The molecule has 10 heteroatoms. The third-order valence-corrected chi connectivity index (χ3v) is 6.08. The Morgan fingerprint density at radius 1 is 1.19 bits per heavy atom. The number of alkyl halides is 3. The third-order valence-electron chi connectivity index (χ3n) is 4.98. The van der Waals surface area contributed by atoms with Crippen LogP contribution in [0.3, 0.4) is 0 Å². The lowest BCUT2D eigenvalue weighted by atomic mass is 10.0. The van der Waals surface area contributed by atoms with E-state index in [9.17, 15) is 13.2 Å². The molecule has 0 aliphatic heterocycles. The Hall–Kier alpha value is -2.95. The number of aromatic amines is 1. The molecule has 0 aliphatic carbocycles. The Bertz CT molecular complexity index is 1190. The topological polar surface area (TPSA) is 88.9 Å². The first-order valence-electron chi connectivity index (χ1n) is 9.91. The van der Waals surface area contributed by atoms with Crippen LogP contribution in [-0.2, 0) is 23.9 Å². The van der Waals surface area contributed by atoms with Crippen LogP contribution in [0.5, 0.6) is 0 Å². The van der Waals surface area contributed by atoms with E-state index in [1.54, 1.807) is 13.3 Å². The first-order chi connectivity index (χ1) is 15.3. The van der Waals surface area contributed by atoms with E-state index in [4.69, 9.17) is 10.5 Å². The summed E-state index contributed by atoms with van der Waals surface area (Å²) in [5.41, 5.74) is 9.08. The van der Waals surface area contributed by atoms with Crippen molar-refractivity contribution < 1.29 is 17.9 Å². The lowest BCUT2D eigenvalue weighted by Crippen LogP contribution is -2.31. The van der Waals surface area contributed by atoms with Gasteiger partial charge in [0, 0.05) is 25.1 Å². The SMILES string of the molecule is COCc1nc(NC[C@@H](N)Cc2ccc(C(F)(F)F)cc2)sc1-c1ccc2[nH]ncc2c1. The van der Waals surface area contributed by atoms with E-state index in [0.717, 1.165) is 44.7 Å². The van der Waals surface area contributed by atoms with Crippen LogP contribution >= 0.6 is 11.3 Å². The zero-order chi connectivity index (χ0) is 22.7. The average Bonchev–Trinajstić information content (AvgIpc) is 3.38. The highest BCUT2D eigenvalue weighted by atomic mass is 32.1. The zero-order valence-electron chi connectivity index (χ0n) is 17.2. The molecule has 32 heavy (non-hydrogen) atoms. The summed E-state index contributed by atoms with van der Waals surface area (Å²) in [5.74, 6) is 0. The zero-order valence-corrected chi connectivity index (χ0v) is 18.1. The van der Waals surface area contributed by atoms with E-state index in [2.05, 4.69) is 20.5 Å². The monoisotopic (exact) mass is 461 g/mol. The van der Waals surface area contributed by atoms with Gasteiger partial charge < -0.3 is 15.8 Å². The number of nitrogens with zero attached hydrogens (tertiary/aromatic N) is 2. The van der Waals surface area contributed by atoms with Crippen molar-refractivity contribution in [2.24, 2.45) is 5.73 Å². The molecule has 2 aromatic carbocycles. The summed E-state index contributed by atoms with van der Waals surface area (Å²) in [7, 11) is 1.62. The van der Waals surface area contributed by atoms with Crippen molar-refractivity contribution in [3.05, 3.63) is 65.5 Å². The number of H-pyrrole nitrogens is 1. The lowest BCUT2D eigenvalue weighted by molar-refractivity contribution is -0.137. The third kappa shape index (κ3) is 5.09. The summed E-state index contributed by atoms with van der Waals surface area (Å²) in [6.45, 7) is 0.801. The number of aromatic nitrogens is 3. The summed E-state index contributed by atoms with van der Waals surface area (Å²) in [6, 6.07) is 10.8. The van der Waals surface area contributed by atoms with Crippen LogP contribution in [0.1, 0.15) is 16.8 Å². The van der Waals surface area contributed by atoms with E-state index >= 15 is 0 Å². The maximum Gasteiger partial charge on any atom is 0.416 e. The van der Waals surface area contributed by atoms with Crippen LogP contribution in [0.25, 0.3) is 21.3 Å². The van der Waals surface area contributed by atoms with E-state index < -0.39 is 11.7 Å². The molecule has 0 radical (unpaired) electrons. The van der Waals surface area contributed by atoms with Crippen LogP contribution in [0, 0.1) is 0 Å². The Kier molecular flexibility index (Phi) is 6.45. The maximum atomic E-state index is 12.7. The van der Waals surface area contributed by atoms with Crippen molar-refractivity contribution >= 4 is 27.4 Å². The largest absolute Gasteiger partial charge is 0.416 e. The highest BCUT2D eigenvalue weighted by Gasteiger charge is 2.30. The number of ether oxygens (including phenoxy) is 1. The Balaban J connectivity index is 1.43. The number of hydrogen-bond acceptors (Lipinski definition) is 6. The van der Waals surface area contributed by atoms with Crippen molar-refractivity contribution in [2.75, 3.05) is 19.0 Å². The number of rotatable bonds is 8. The highest BCUT2D eigenvalue weighted by Crippen LogP contribution is 2.35. The Morgan fingerprint density at radius 2 is 1.97 bits per heavy atom. The molecule has 4 rings (SSSR count). The molecule has 168 valence electrons. The number of anilines is 1. The van der Waals surface area contributed by atoms with Crippen molar-refractivity contribution in [3.63, 3.8) is 0 Å². The van der Waals surface area contributed by atoms with Crippen molar-refractivity contribution in [3.8, 4) is 10.4 Å². The maximum absolute atomic E-state index is 12.7. The molecular formula is C22H22F3N5OS. The van der Waals surface area contributed by atoms with Gasteiger partial charge in [0.2, 0.25) is 0 Å². The summed E-state index contributed by atoms with van der Waals surface area (Å²) >= 11 is 1.50. The van der Waals surface area contributed by atoms with Gasteiger partial charge in [-0.25, -0.2) is 4.98 Å². The highest BCUT2D eigenvalue weighted by molar-refractivity contribution is 7.19. The number of thiazole rings is 1. The Labute approximate surface area is 186 Å². The van der Waals surface area contributed by atoms with E-state index in [1.807, 2.05) is 18.2 Å². The molecule has 0 saturated carbocycles. The lowest BCUT2D eigenvalue weighted by Gasteiger charge is -2.13. The van der Waals surface area contributed by atoms with Gasteiger partial charge in [-0.3, -0.25) is 5.10 Å². The second-order valence-corrected chi connectivity index (χ2v) is 8.44. The molecular weight excluding hydrogens is 439 g/mol. The molecule has 4 N–H and O–H groups in total. The smallest absolute Gasteiger partial charge is 0.378 e. The van der Waals surface area contributed by atoms with Crippen LogP contribution in [0.2, 0.25) is 0 Å². The molecule has 0 saturated heterocycles. The number of hydrogen-bond donors (Lipinski definition) is 3. The summed E-state index contributed by atoms with van der Waals surface area (Å²) in [4.78, 5) is 5.63. The normalized spacial score (nSPS) is 12.9. The van der Waals surface area contributed by atoms with Gasteiger partial charge in [-0.15, -0.1) is 0 Å². The molecule has 0 unspecified atom stereocenters. The number of benzene rings is 2. The second kappa shape index (κ2) is 9.27. The van der Waals surface area contributed by atoms with Crippen molar-refractivity contribution in [1.29, 1.82) is 0 Å². The predicted octanol–water partition coefficient (Wildman–Crippen LogP) is 4.83. The van der Waals surface area contributed by atoms with Crippen molar-refractivity contribution in [2.45, 2.75) is 25.2 Å². The molecule has 4 aromatic rings. The summed E-state index contributed by atoms with van der Waals surface area (Å²) in [6.07, 6.45) is -2.12. The first kappa shape index (κ1) is 22.3. The van der Waals surface area contributed by atoms with Crippen LogP contribution in [0.4, 0.5) is 18.3 Å². The number of fused-ring (bicyclic) bond motifs is 1. The van der Waals surface area contributed by atoms with Gasteiger partial charge in [0.05, 0.1) is 34.5 Å². The minimum atomic E-state index is -4.34. The number of halogens is 3. The van der Waals surface area contributed by atoms with E-state index in [0.29, 0.717) is 24.7 Å². The minimum Gasteiger partial charge on any atom is -0.378 e. The fourth-order valence-electron chi connectivity index (χ4n) is 3.39. The summed E-state index contributed by atoms with van der Waals surface area (Å²) in [5, 5.41) is 12.0. The average molecular weight is 462 g/mol. The molecule has 0 amide bonds. The predicted molar refractivity (Wildman–Crippen MR) is 120 cm³/mol. The number of nitrogens with one attached hydrogen (secondary N) is 2. The van der Waals surface area contributed by atoms with Crippen LogP contribution in [-0.4, -0.2) is 34.9 Å². The van der Waals surface area contributed by atoms with Gasteiger partial charge in [-0.05, 0) is 41.8 Å². The van der Waals surface area contributed by atoms with Crippen LogP contribution in [0.15, 0.2) is 48.7 Å². The minimum absolute atomic E-state index is 0.285. The first-order valence-corrected chi connectivity index (χ1v) is 10.7. The van der Waals surface area contributed by atoms with Gasteiger partial charge >= 0.3 is 6.18 Å². The molecule has 6 nitrogen and oxygen atoms in total. The van der Waals surface area contributed by atoms with Gasteiger partial charge in [-0.1, -0.05) is 29.5 Å². The second-order valence-electron chi connectivity index (χ2n) is 7.44. The molecule has 2 heterocycles. The van der Waals surface area contributed by atoms with E-state index in [-0.39, 0.29) is 6.04 Å². The Morgan fingerprint density at radius 3 is 2.69 bits per heavy atom. The summed E-state index contributed by atoms with van der Waals surface area (Å²) < 4.78 is 43.4. The fourth-order valence-corrected chi connectivity index (χ4v) is 4.37. The van der Waals surface area contributed by atoms with Gasteiger partial charge in [0.1, 0.15) is 0 Å². The number of nitrogens with two attached hydrogens (primary N) is 1. The van der Waals surface area contributed by atoms with Gasteiger partial charge in [-0.2, -0.15) is 18.3 Å². The number of methoxy groups -OCH3 is 1. The fraction of sp³-hybridized carbons (Fsp3) is 0.273. The quantitative estimate of drug-likeness (QED) is 0.350. The molecule has 0 bridgehead atoms. The molecule has 0 aliphatic rings. The van der Waals surface area contributed by atoms with Gasteiger partial charge in [0.15, 0.2) is 5.13 Å². The molecule has 1 atom stereocenters. The van der Waals surface area contributed by atoms with Crippen LogP contribution < -0.4 is 11.1 Å².